The van der Waals surface area contributed by atoms with Gasteiger partial charge in [-0.2, -0.15) is 0 Å². The molecule has 20 heavy (non-hydrogen) atoms. The van der Waals surface area contributed by atoms with Gasteiger partial charge >= 0.3 is 0 Å². The third kappa shape index (κ3) is 3.11. The van der Waals surface area contributed by atoms with Crippen LogP contribution in [0.4, 0.5) is 17.6 Å². The molecule has 0 aliphatic carbocycles. The van der Waals surface area contributed by atoms with E-state index in [1.54, 1.807) is 0 Å². The number of halogens is 5. The number of aliphatic hydroxyl groups is 1. The fourth-order valence-corrected chi connectivity index (χ4v) is 1.99. The summed E-state index contributed by atoms with van der Waals surface area (Å²) in [6, 6.07) is 4.95. The van der Waals surface area contributed by atoms with Gasteiger partial charge in [0.15, 0.2) is 17.5 Å². The highest BCUT2D eigenvalue weighted by atomic mass is 35.5. The molecule has 1 unspecified atom stereocenters. The first-order valence-electron chi connectivity index (χ1n) is 5.65. The van der Waals surface area contributed by atoms with Crippen LogP contribution in [0, 0.1) is 23.3 Å². The Morgan fingerprint density at radius 2 is 1.60 bits per heavy atom. The maximum Gasteiger partial charge on any atom is 0.194 e. The van der Waals surface area contributed by atoms with Gasteiger partial charge in [-0.3, -0.25) is 0 Å². The van der Waals surface area contributed by atoms with Crippen LogP contribution in [0.3, 0.4) is 0 Å². The lowest BCUT2D eigenvalue weighted by Crippen LogP contribution is -2.05. The van der Waals surface area contributed by atoms with Gasteiger partial charge in [0, 0.05) is 11.4 Å². The molecular weight excluding hydrogens is 296 g/mol. The lowest BCUT2D eigenvalue weighted by Gasteiger charge is -2.13. The summed E-state index contributed by atoms with van der Waals surface area (Å²) in [4.78, 5) is 0. The van der Waals surface area contributed by atoms with E-state index in [-0.39, 0.29) is 22.6 Å². The lowest BCUT2D eigenvalue weighted by molar-refractivity contribution is 0.177. The number of hydrogen-bond donors (Lipinski definition) is 1. The summed E-state index contributed by atoms with van der Waals surface area (Å²) in [5.74, 6) is -4.95. The van der Waals surface area contributed by atoms with Crippen LogP contribution in [-0.2, 0) is 6.42 Å². The number of aliphatic hydroxyl groups excluding tert-OH is 1. The van der Waals surface area contributed by atoms with Crippen molar-refractivity contribution in [3.05, 3.63) is 69.8 Å². The molecule has 0 fully saturated rings. The molecule has 1 N–H and O–H groups in total. The Balaban J connectivity index is 2.28. The van der Waals surface area contributed by atoms with Crippen molar-refractivity contribution in [1.29, 1.82) is 0 Å². The van der Waals surface area contributed by atoms with E-state index in [9.17, 15) is 22.7 Å². The largest absolute Gasteiger partial charge is 0.388 e. The predicted octanol–water partition coefficient (Wildman–Crippen LogP) is 4.17. The highest BCUT2D eigenvalue weighted by Gasteiger charge is 2.17. The standard InChI is InChI=1S/C14H9ClF4O/c15-10-2-1-9(16)3-7(10)6-13(20)8-4-11(17)14(19)12(18)5-8/h1-5,13,20H,6H2. The Hall–Kier alpha value is -1.59. The molecule has 6 heteroatoms. The van der Waals surface area contributed by atoms with E-state index in [1.807, 2.05) is 0 Å². The average molecular weight is 305 g/mol. The summed E-state index contributed by atoms with van der Waals surface area (Å²) in [5.41, 5.74) is 0.131. The molecule has 0 aromatic heterocycles. The molecular formula is C14H9ClF4O. The van der Waals surface area contributed by atoms with Crippen molar-refractivity contribution in [2.75, 3.05) is 0 Å². The van der Waals surface area contributed by atoms with E-state index in [0.29, 0.717) is 12.1 Å². The Morgan fingerprint density at radius 3 is 2.20 bits per heavy atom. The van der Waals surface area contributed by atoms with Crippen molar-refractivity contribution < 1.29 is 22.7 Å². The molecule has 0 aliphatic rings. The minimum Gasteiger partial charge on any atom is -0.388 e. The number of benzene rings is 2. The second-order valence-corrected chi connectivity index (χ2v) is 4.66. The van der Waals surface area contributed by atoms with E-state index >= 15 is 0 Å². The van der Waals surface area contributed by atoms with Gasteiger partial charge in [-0.1, -0.05) is 11.6 Å². The molecule has 1 atom stereocenters. The van der Waals surface area contributed by atoms with Crippen molar-refractivity contribution in [3.8, 4) is 0 Å². The van der Waals surface area contributed by atoms with E-state index in [1.165, 1.54) is 6.07 Å². The second-order valence-electron chi connectivity index (χ2n) is 4.25. The maximum atomic E-state index is 13.1. The molecule has 0 bridgehead atoms. The zero-order valence-corrected chi connectivity index (χ0v) is 10.8. The summed E-state index contributed by atoms with van der Waals surface area (Å²) in [6.07, 6.45) is -1.49. The van der Waals surface area contributed by atoms with E-state index < -0.39 is 29.4 Å². The fraction of sp³-hybridized carbons (Fsp3) is 0.143. The van der Waals surface area contributed by atoms with Gasteiger partial charge in [0.05, 0.1) is 6.10 Å². The van der Waals surface area contributed by atoms with Crippen LogP contribution in [0.2, 0.25) is 5.02 Å². The number of rotatable bonds is 3. The molecule has 2 aromatic rings. The Kier molecular flexibility index (Phi) is 4.30. The monoisotopic (exact) mass is 304 g/mol. The summed E-state index contributed by atoms with van der Waals surface area (Å²) in [5, 5.41) is 10.1. The van der Waals surface area contributed by atoms with Crippen molar-refractivity contribution >= 4 is 11.6 Å². The quantitative estimate of drug-likeness (QED) is 0.666. The zero-order valence-electron chi connectivity index (χ0n) is 10.0. The molecule has 0 saturated carbocycles. The van der Waals surface area contributed by atoms with Crippen LogP contribution in [0.15, 0.2) is 30.3 Å². The van der Waals surface area contributed by atoms with Crippen molar-refractivity contribution in [1.82, 2.24) is 0 Å². The zero-order chi connectivity index (χ0) is 14.9. The predicted molar refractivity (Wildman–Crippen MR) is 66.4 cm³/mol. The van der Waals surface area contributed by atoms with Crippen molar-refractivity contribution in [2.24, 2.45) is 0 Å². The first-order chi connectivity index (χ1) is 9.38. The number of hydrogen-bond acceptors (Lipinski definition) is 1. The first-order valence-corrected chi connectivity index (χ1v) is 6.02. The molecule has 0 aliphatic heterocycles. The summed E-state index contributed by atoms with van der Waals surface area (Å²) in [7, 11) is 0. The normalized spacial score (nSPS) is 12.5. The minimum atomic E-state index is -1.61. The molecule has 0 amide bonds. The lowest BCUT2D eigenvalue weighted by atomic mass is 10.0. The van der Waals surface area contributed by atoms with Gasteiger partial charge in [-0.25, -0.2) is 17.6 Å². The molecule has 1 nitrogen and oxygen atoms in total. The van der Waals surface area contributed by atoms with Gasteiger partial charge in [-0.15, -0.1) is 0 Å². The summed E-state index contributed by atoms with van der Waals surface area (Å²) < 4.78 is 52.0. The maximum absolute atomic E-state index is 13.1. The van der Waals surface area contributed by atoms with E-state index in [2.05, 4.69) is 0 Å². The molecule has 0 spiro atoms. The van der Waals surface area contributed by atoms with Crippen LogP contribution >= 0.6 is 11.6 Å². The molecule has 0 saturated heterocycles. The molecule has 2 rings (SSSR count). The van der Waals surface area contributed by atoms with Crippen molar-refractivity contribution in [3.63, 3.8) is 0 Å². The summed E-state index contributed by atoms with van der Waals surface area (Å²) >= 11 is 5.83. The Bertz CT molecular complexity index is 622. The third-order valence-corrected chi connectivity index (χ3v) is 3.18. The highest BCUT2D eigenvalue weighted by molar-refractivity contribution is 6.31. The average Bonchev–Trinajstić information content (AvgIpc) is 2.39. The first kappa shape index (κ1) is 14.8. The second kappa shape index (κ2) is 5.81. The van der Waals surface area contributed by atoms with Gasteiger partial charge < -0.3 is 5.11 Å². The van der Waals surface area contributed by atoms with Crippen LogP contribution in [0.1, 0.15) is 17.2 Å². The smallest absolute Gasteiger partial charge is 0.194 e. The SMILES string of the molecule is OC(Cc1cc(F)ccc1Cl)c1cc(F)c(F)c(F)c1. The van der Waals surface area contributed by atoms with Crippen LogP contribution in [0.25, 0.3) is 0 Å². The van der Waals surface area contributed by atoms with Crippen molar-refractivity contribution in [2.45, 2.75) is 12.5 Å². The van der Waals surface area contributed by atoms with Gasteiger partial charge in [0.2, 0.25) is 0 Å². The molecule has 106 valence electrons. The molecule has 0 radical (unpaired) electrons. The van der Waals surface area contributed by atoms with Gasteiger partial charge in [0.25, 0.3) is 0 Å². The van der Waals surface area contributed by atoms with Crippen LogP contribution in [-0.4, -0.2) is 5.11 Å². The van der Waals surface area contributed by atoms with Crippen LogP contribution in [0.5, 0.6) is 0 Å². The third-order valence-electron chi connectivity index (χ3n) is 2.81. The van der Waals surface area contributed by atoms with E-state index in [4.69, 9.17) is 11.6 Å². The van der Waals surface area contributed by atoms with E-state index in [0.717, 1.165) is 12.1 Å². The molecule has 2 aromatic carbocycles. The Morgan fingerprint density at radius 1 is 1.00 bits per heavy atom. The Labute approximate surface area is 117 Å². The van der Waals surface area contributed by atoms with Gasteiger partial charge in [0.1, 0.15) is 5.82 Å². The van der Waals surface area contributed by atoms with Gasteiger partial charge in [-0.05, 0) is 41.5 Å². The fourth-order valence-electron chi connectivity index (χ4n) is 1.79. The highest BCUT2D eigenvalue weighted by Crippen LogP contribution is 2.26. The summed E-state index contributed by atoms with van der Waals surface area (Å²) in [6.45, 7) is 0. The minimum absolute atomic E-state index is 0.151. The molecule has 0 heterocycles. The topological polar surface area (TPSA) is 20.2 Å². The van der Waals surface area contributed by atoms with Crippen LogP contribution < -0.4 is 0 Å².